The first-order valence-electron chi connectivity index (χ1n) is 12.8. The van der Waals surface area contributed by atoms with Crippen LogP contribution in [0.15, 0.2) is 48.7 Å². The maximum Gasteiger partial charge on any atom is 0.306 e. The van der Waals surface area contributed by atoms with E-state index in [9.17, 15) is 9.18 Å². The lowest BCUT2D eigenvalue weighted by atomic mass is 9.98. The molecule has 0 saturated carbocycles. The van der Waals surface area contributed by atoms with Crippen LogP contribution in [0.3, 0.4) is 0 Å². The number of pyridine rings is 1. The van der Waals surface area contributed by atoms with Crippen molar-refractivity contribution in [1.82, 2.24) is 4.98 Å². The molecular formula is C29H28FNO7. The Bertz CT molecular complexity index is 1320. The third-order valence-corrected chi connectivity index (χ3v) is 7.14. The number of benzene rings is 2. The Balaban J connectivity index is 1.15. The number of rotatable bonds is 8. The Morgan fingerprint density at radius 1 is 1.08 bits per heavy atom. The monoisotopic (exact) mass is 521 g/mol. The third kappa shape index (κ3) is 4.98. The van der Waals surface area contributed by atoms with Crippen LogP contribution >= 0.6 is 0 Å². The van der Waals surface area contributed by atoms with Crippen molar-refractivity contribution in [3.05, 3.63) is 71.2 Å². The minimum absolute atomic E-state index is 0.0411. The van der Waals surface area contributed by atoms with Gasteiger partial charge in [0.1, 0.15) is 41.0 Å². The van der Waals surface area contributed by atoms with E-state index in [1.165, 1.54) is 13.2 Å². The zero-order valence-corrected chi connectivity index (χ0v) is 21.0. The normalized spacial score (nSPS) is 21.4. The highest BCUT2D eigenvalue weighted by Gasteiger charge is 2.32. The fourth-order valence-corrected chi connectivity index (χ4v) is 5.21. The summed E-state index contributed by atoms with van der Waals surface area (Å²) in [6.45, 7) is 1.70. The van der Waals surface area contributed by atoms with Crippen LogP contribution in [-0.2, 0) is 20.7 Å². The summed E-state index contributed by atoms with van der Waals surface area (Å²) < 4.78 is 49.0. The lowest BCUT2D eigenvalue weighted by Crippen LogP contribution is -2.15. The Hall–Kier alpha value is -3.85. The molecule has 3 aromatic rings. The molecule has 3 heterocycles. The lowest BCUT2D eigenvalue weighted by Gasteiger charge is -2.17. The van der Waals surface area contributed by atoms with Gasteiger partial charge < -0.3 is 28.4 Å². The van der Waals surface area contributed by atoms with E-state index in [0.29, 0.717) is 67.1 Å². The fraction of sp³-hybridized carbons (Fsp3) is 0.379. The van der Waals surface area contributed by atoms with E-state index in [1.54, 1.807) is 24.4 Å². The van der Waals surface area contributed by atoms with Crippen molar-refractivity contribution in [3.63, 3.8) is 0 Å². The minimum atomic E-state index is -0.462. The molecule has 0 spiro atoms. The SMILES string of the molecule is COC(=O)C[C@@H]1COc2cc(O[C@@H]3CCc4c(Oc5ccc(O[C@H]6CCOC6)cn5)ccc(F)c43)ccc21. The van der Waals surface area contributed by atoms with Crippen molar-refractivity contribution in [1.29, 1.82) is 0 Å². The van der Waals surface area contributed by atoms with Gasteiger partial charge in [-0.2, -0.15) is 0 Å². The standard InChI is InChI=1S/C29H28FNO7/c1-33-28(32)12-17-15-35-26-13-18(2-4-21(17)26)37-25-7-5-22-24(8-6-23(30)29(22)25)38-27-9-3-19(14-31-27)36-20-10-11-34-16-20/h2-4,6,8-9,13-14,17,20,25H,5,7,10-12,15-16H2,1H3/t17-,20+,25-/m1/s1. The number of methoxy groups -OCH3 is 1. The van der Waals surface area contributed by atoms with E-state index in [1.807, 2.05) is 18.2 Å². The number of halogens is 1. The van der Waals surface area contributed by atoms with E-state index in [-0.39, 0.29) is 30.2 Å². The van der Waals surface area contributed by atoms with Gasteiger partial charge in [0.25, 0.3) is 0 Å². The van der Waals surface area contributed by atoms with E-state index in [4.69, 9.17) is 28.4 Å². The summed E-state index contributed by atoms with van der Waals surface area (Å²) >= 11 is 0. The molecule has 198 valence electrons. The molecule has 1 aliphatic carbocycles. The number of esters is 1. The van der Waals surface area contributed by atoms with Gasteiger partial charge in [-0.15, -0.1) is 0 Å². The summed E-state index contributed by atoms with van der Waals surface area (Å²) in [7, 11) is 1.38. The number of carbonyl (C=O) groups excluding carboxylic acids is 1. The van der Waals surface area contributed by atoms with Gasteiger partial charge in [-0.25, -0.2) is 9.37 Å². The van der Waals surface area contributed by atoms with Crippen LogP contribution in [0.1, 0.15) is 48.0 Å². The summed E-state index contributed by atoms with van der Waals surface area (Å²) in [6, 6.07) is 12.1. The van der Waals surface area contributed by atoms with Crippen LogP contribution in [0.2, 0.25) is 0 Å². The molecule has 0 radical (unpaired) electrons. The molecule has 38 heavy (non-hydrogen) atoms. The molecule has 0 N–H and O–H groups in total. The highest BCUT2D eigenvalue weighted by molar-refractivity contribution is 5.71. The number of aromatic nitrogens is 1. The van der Waals surface area contributed by atoms with Gasteiger partial charge in [0.05, 0.1) is 39.5 Å². The van der Waals surface area contributed by atoms with Gasteiger partial charge in [-0.1, -0.05) is 6.07 Å². The Labute approximate surface area is 219 Å². The second-order valence-corrected chi connectivity index (χ2v) is 9.61. The molecule has 2 aromatic carbocycles. The quantitative estimate of drug-likeness (QED) is 0.370. The van der Waals surface area contributed by atoms with Gasteiger partial charge in [0, 0.05) is 41.2 Å². The molecule has 0 unspecified atom stereocenters. The lowest BCUT2D eigenvalue weighted by molar-refractivity contribution is -0.141. The van der Waals surface area contributed by atoms with E-state index in [0.717, 1.165) is 17.5 Å². The first-order chi connectivity index (χ1) is 18.6. The summed E-state index contributed by atoms with van der Waals surface area (Å²) in [4.78, 5) is 16.0. The van der Waals surface area contributed by atoms with Crippen LogP contribution in [0.5, 0.6) is 28.9 Å². The molecule has 3 atom stereocenters. The summed E-state index contributed by atoms with van der Waals surface area (Å²) in [5, 5.41) is 0. The van der Waals surface area contributed by atoms with Crippen molar-refractivity contribution in [2.24, 2.45) is 0 Å². The van der Waals surface area contributed by atoms with Crippen LogP contribution < -0.4 is 18.9 Å². The number of carbonyl (C=O) groups is 1. The van der Waals surface area contributed by atoms with Crippen molar-refractivity contribution < 1.29 is 37.6 Å². The molecule has 3 aliphatic rings. The van der Waals surface area contributed by atoms with E-state index < -0.39 is 6.10 Å². The number of ether oxygens (including phenoxy) is 6. The third-order valence-electron chi connectivity index (χ3n) is 7.14. The molecular weight excluding hydrogens is 493 g/mol. The zero-order chi connectivity index (χ0) is 26.1. The summed E-state index contributed by atoms with van der Waals surface area (Å²) in [6.07, 6.45) is 3.54. The first kappa shape index (κ1) is 24.5. The van der Waals surface area contributed by atoms with Crippen molar-refractivity contribution in [3.8, 4) is 28.9 Å². The maximum absolute atomic E-state index is 15.0. The topological polar surface area (TPSA) is 85.3 Å². The average Bonchev–Trinajstić information content (AvgIpc) is 3.68. The average molecular weight is 522 g/mol. The molecule has 0 amide bonds. The van der Waals surface area contributed by atoms with Crippen LogP contribution in [-0.4, -0.2) is 44.0 Å². The van der Waals surface area contributed by atoms with Crippen molar-refractivity contribution in [2.75, 3.05) is 26.9 Å². The largest absolute Gasteiger partial charge is 0.492 e. The number of fused-ring (bicyclic) bond motifs is 2. The minimum Gasteiger partial charge on any atom is -0.492 e. The van der Waals surface area contributed by atoms with Gasteiger partial charge >= 0.3 is 5.97 Å². The smallest absolute Gasteiger partial charge is 0.306 e. The van der Waals surface area contributed by atoms with Gasteiger partial charge in [0.2, 0.25) is 5.88 Å². The molecule has 6 rings (SSSR count). The Morgan fingerprint density at radius 2 is 1.97 bits per heavy atom. The van der Waals surface area contributed by atoms with Gasteiger partial charge in [-0.05, 0) is 37.1 Å². The molecule has 2 aliphatic heterocycles. The Morgan fingerprint density at radius 3 is 2.76 bits per heavy atom. The van der Waals surface area contributed by atoms with Crippen molar-refractivity contribution in [2.45, 2.75) is 43.8 Å². The molecule has 1 saturated heterocycles. The first-order valence-corrected chi connectivity index (χ1v) is 12.8. The predicted octanol–water partition coefficient (Wildman–Crippen LogP) is 5.29. The molecule has 8 nitrogen and oxygen atoms in total. The Kier molecular flexibility index (Phi) is 6.76. The van der Waals surface area contributed by atoms with E-state index in [2.05, 4.69) is 4.98 Å². The predicted molar refractivity (Wildman–Crippen MR) is 134 cm³/mol. The van der Waals surface area contributed by atoms with Crippen LogP contribution in [0.4, 0.5) is 4.39 Å². The van der Waals surface area contributed by atoms with Crippen LogP contribution in [0, 0.1) is 5.82 Å². The fourth-order valence-electron chi connectivity index (χ4n) is 5.21. The van der Waals surface area contributed by atoms with Gasteiger partial charge in [0.15, 0.2) is 0 Å². The number of hydrogen-bond acceptors (Lipinski definition) is 8. The van der Waals surface area contributed by atoms with Crippen LogP contribution in [0.25, 0.3) is 0 Å². The highest BCUT2D eigenvalue weighted by Crippen LogP contribution is 2.44. The molecule has 1 fully saturated rings. The zero-order valence-electron chi connectivity index (χ0n) is 21.0. The second kappa shape index (κ2) is 10.5. The van der Waals surface area contributed by atoms with Gasteiger partial charge in [-0.3, -0.25) is 4.79 Å². The molecule has 9 heteroatoms. The second-order valence-electron chi connectivity index (χ2n) is 9.61. The van der Waals surface area contributed by atoms with E-state index >= 15 is 0 Å². The van der Waals surface area contributed by atoms with Crippen molar-refractivity contribution >= 4 is 5.97 Å². The summed E-state index contributed by atoms with van der Waals surface area (Å²) in [5.74, 6) is 2.20. The maximum atomic E-state index is 15.0. The number of nitrogens with zero attached hydrogens (tertiary/aromatic N) is 1. The highest BCUT2D eigenvalue weighted by atomic mass is 19.1. The molecule has 0 bridgehead atoms. The molecule has 1 aromatic heterocycles. The summed E-state index contributed by atoms with van der Waals surface area (Å²) in [5.41, 5.74) is 2.21. The number of hydrogen-bond donors (Lipinski definition) is 0.